The van der Waals surface area contributed by atoms with Gasteiger partial charge in [-0.25, -0.2) is 13.4 Å². The van der Waals surface area contributed by atoms with Crippen LogP contribution in [-0.4, -0.2) is 69.9 Å². The summed E-state index contributed by atoms with van der Waals surface area (Å²) in [5.41, 5.74) is 1.23. The molecule has 0 aliphatic carbocycles. The average molecular weight is 561 g/mol. The normalized spacial score (nSPS) is 14.8. The van der Waals surface area contributed by atoms with Crippen molar-refractivity contribution in [2.45, 2.75) is 4.90 Å². The second-order valence-corrected chi connectivity index (χ2v) is 11.2. The summed E-state index contributed by atoms with van der Waals surface area (Å²) < 4.78 is 30.7. The van der Waals surface area contributed by atoms with Crippen LogP contribution in [0.3, 0.4) is 0 Å². The number of ether oxygens (including phenoxy) is 1. The Kier molecular flexibility index (Phi) is 8.29. The molecule has 0 radical (unpaired) electrons. The quantitative estimate of drug-likeness (QED) is 0.456. The van der Waals surface area contributed by atoms with Gasteiger partial charge in [-0.05, 0) is 46.3 Å². The molecule has 172 valence electrons. The molecule has 1 aromatic heterocycles. The van der Waals surface area contributed by atoms with E-state index in [1.807, 2.05) is 18.2 Å². The fourth-order valence-electron chi connectivity index (χ4n) is 3.37. The predicted molar refractivity (Wildman–Crippen MR) is 133 cm³/mol. The van der Waals surface area contributed by atoms with Crippen molar-refractivity contribution in [2.24, 2.45) is 0 Å². The van der Waals surface area contributed by atoms with E-state index in [0.717, 1.165) is 22.3 Å². The summed E-state index contributed by atoms with van der Waals surface area (Å²) in [4.78, 5) is 22.3. The number of anilines is 1. The van der Waals surface area contributed by atoms with Crippen molar-refractivity contribution in [3.8, 4) is 0 Å². The second kappa shape index (κ2) is 10.6. The highest BCUT2D eigenvalue weighted by Gasteiger charge is 2.24. The van der Waals surface area contributed by atoms with Gasteiger partial charge in [-0.15, -0.1) is 12.4 Å². The summed E-state index contributed by atoms with van der Waals surface area (Å²) in [7, 11) is -3.32. The van der Waals surface area contributed by atoms with E-state index in [4.69, 9.17) is 4.74 Å². The maximum Gasteiger partial charge on any atom is 0.261 e. The van der Waals surface area contributed by atoms with Gasteiger partial charge in [-0.3, -0.25) is 14.6 Å². The first-order chi connectivity index (χ1) is 14.8. The number of morpholine rings is 1. The number of carbonyl (C=O) groups excluding carboxylic acids is 1. The van der Waals surface area contributed by atoms with Crippen molar-refractivity contribution in [3.63, 3.8) is 0 Å². The highest BCUT2D eigenvalue weighted by molar-refractivity contribution is 9.10. The molecule has 1 aliphatic rings. The van der Waals surface area contributed by atoms with Crippen LogP contribution >= 0.6 is 39.7 Å². The van der Waals surface area contributed by atoms with E-state index in [0.29, 0.717) is 42.5 Å². The third-order valence-corrected chi connectivity index (χ3v) is 7.94. The molecule has 1 saturated heterocycles. The van der Waals surface area contributed by atoms with Gasteiger partial charge in [0.25, 0.3) is 5.91 Å². The van der Waals surface area contributed by atoms with Gasteiger partial charge in [0.2, 0.25) is 0 Å². The minimum Gasteiger partial charge on any atom is -0.379 e. The van der Waals surface area contributed by atoms with Crippen LogP contribution in [0.1, 0.15) is 10.4 Å². The zero-order valence-corrected chi connectivity index (χ0v) is 21.4. The first kappa shape index (κ1) is 25.1. The van der Waals surface area contributed by atoms with Crippen molar-refractivity contribution in [2.75, 3.05) is 50.5 Å². The molecule has 1 amide bonds. The van der Waals surface area contributed by atoms with Gasteiger partial charge in [0, 0.05) is 36.9 Å². The number of nitrogens with zero attached hydrogens (tertiary/aromatic N) is 3. The first-order valence-electron chi connectivity index (χ1n) is 9.80. The number of amides is 1. The Morgan fingerprint density at radius 3 is 2.62 bits per heavy atom. The van der Waals surface area contributed by atoms with E-state index >= 15 is 0 Å². The number of hydrogen-bond acceptors (Lipinski definition) is 7. The molecule has 0 spiro atoms. The molecule has 4 rings (SSSR count). The number of halogens is 2. The Bertz CT molecular complexity index is 1210. The zero-order valence-electron chi connectivity index (χ0n) is 17.4. The number of aromatic nitrogens is 1. The summed E-state index contributed by atoms with van der Waals surface area (Å²) in [6.07, 6.45) is 1.18. The summed E-state index contributed by atoms with van der Waals surface area (Å²) in [5.74, 6) is -0.150. The molecule has 1 aliphatic heterocycles. The van der Waals surface area contributed by atoms with Crippen molar-refractivity contribution in [1.82, 2.24) is 9.88 Å². The van der Waals surface area contributed by atoms with Crippen LogP contribution in [-0.2, 0) is 14.6 Å². The Labute approximate surface area is 205 Å². The highest BCUT2D eigenvalue weighted by atomic mass is 79.9. The van der Waals surface area contributed by atoms with Crippen LogP contribution in [0.25, 0.3) is 10.2 Å². The minimum atomic E-state index is -3.32. The number of hydrogen-bond donors (Lipinski definition) is 0. The fourth-order valence-corrected chi connectivity index (χ4v) is 5.57. The summed E-state index contributed by atoms with van der Waals surface area (Å²) in [6.45, 7) is 4.20. The largest absolute Gasteiger partial charge is 0.379 e. The van der Waals surface area contributed by atoms with E-state index in [1.54, 1.807) is 29.2 Å². The van der Waals surface area contributed by atoms with Crippen LogP contribution in [0.15, 0.2) is 51.8 Å². The summed E-state index contributed by atoms with van der Waals surface area (Å²) in [6, 6.07) is 12.2. The van der Waals surface area contributed by atoms with Gasteiger partial charge in [-0.2, -0.15) is 0 Å². The minimum absolute atomic E-state index is 0. The molecule has 11 heteroatoms. The lowest BCUT2D eigenvalue weighted by atomic mass is 10.2. The number of thiazole rings is 1. The molecule has 0 atom stereocenters. The molecular weight excluding hydrogens is 538 g/mol. The molecular formula is C21H23BrClN3O4S2. The number of sulfone groups is 1. The smallest absolute Gasteiger partial charge is 0.261 e. The third kappa shape index (κ3) is 5.67. The van der Waals surface area contributed by atoms with Crippen LogP contribution in [0.2, 0.25) is 0 Å². The maximum absolute atomic E-state index is 13.5. The molecule has 7 nitrogen and oxygen atoms in total. The number of carbonyl (C=O) groups is 1. The van der Waals surface area contributed by atoms with Crippen molar-refractivity contribution in [1.29, 1.82) is 0 Å². The summed E-state index contributed by atoms with van der Waals surface area (Å²) >= 11 is 4.80. The molecule has 32 heavy (non-hydrogen) atoms. The maximum atomic E-state index is 13.5. The van der Waals surface area contributed by atoms with Gasteiger partial charge in [0.05, 0.1) is 33.9 Å². The first-order valence-corrected chi connectivity index (χ1v) is 13.3. The lowest BCUT2D eigenvalue weighted by Gasteiger charge is -2.29. The van der Waals surface area contributed by atoms with Crippen LogP contribution < -0.4 is 4.90 Å². The SMILES string of the molecule is CS(=O)(=O)c1ccc2nc(N(CCN3CCOCC3)C(=O)c3ccccc3Br)sc2c1.Cl. The number of benzene rings is 2. The Balaban J connectivity index is 0.00000289. The zero-order chi connectivity index (χ0) is 22.0. The summed E-state index contributed by atoms with van der Waals surface area (Å²) in [5, 5.41) is 0.551. The van der Waals surface area contributed by atoms with Gasteiger partial charge >= 0.3 is 0 Å². The molecule has 0 saturated carbocycles. The molecule has 1 fully saturated rings. The van der Waals surface area contributed by atoms with Gasteiger partial charge in [0.15, 0.2) is 15.0 Å². The van der Waals surface area contributed by atoms with Crippen molar-refractivity contribution >= 4 is 70.8 Å². The molecule has 0 N–H and O–H groups in total. The van der Waals surface area contributed by atoms with Gasteiger partial charge in [0.1, 0.15) is 0 Å². The molecule has 0 bridgehead atoms. The van der Waals surface area contributed by atoms with Crippen LogP contribution in [0, 0.1) is 0 Å². The second-order valence-electron chi connectivity index (χ2n) is 7.29. The van der Waals surface area contributed by atoms with E-state index in [9.17, 15) is 13.2 Å². The Hall–Kier alpha value is -1.56. The molecule has 0 unspecified atom stereocenters. The molecule has 3 aromatic rings. The van der Waals surface area contributed by atoms with Crippen molar-refractivity contribution in [3.05, 3.63) is 52.5 Å². The number of rotatable bonds is 6. The van der Waals surface area contributed by atoms with Crippen LogP contribution in [0.4, 0.5) is 5.13 Å². The van der Waals surface area contributed by atoms with E-state index in [1.165, 1.54) is 17.6 Å². The molecule has 2 heterocycles. The van der Waals surface area contributed by atoms with E-state index in [2.05, 4.69) is 25.8 Å². The average Bonchev–Trinajstić information content (AvgIpc) is 3.17. The standard InChI is InChI=1S/C21H22BrN3O4S2.ClH/c1-31(27,28)15-6-7-18-19(14-15)30-21(23-18)25(9-8-24-10-12-29-13-11-24)20(26)16-4-2-3-5-17(16)22;/h2-7,14H,8-13H2,1H3;1H. The third-order valence-electron chi connectivity index (χ3n) is 5.10. The van der Waals surface area contributed by atoms with E-state index < -0.39 is 9.84 Å². The Morgan fingerprint density at radius 2 is 1.94 bits per heavy atom. The predicted octanol–water partition coefficient (Wildman–Crippen LogP) is 3.86. The monoisotopic (exact) mass is 559 g/mol. The highest BCUT2D eigenvalue weighted by Crippen LogP contribution is 2.32. The van der Waals surface area contributed by atoms with E-state index in [-0.39, 0.29) is 23.2 Å². The Morgan fingerprint density at radius 1 is 1.22 bits per heavy atom. The fraction of sp³-hybridized carbons (Fsp3) is 0.333. The van der Waals surface area contributed by atoms with Crippen molar-refractivity contribution < 1.29 is 17.9 Å². The van der Waals surface area contributed by atoms with Crippen LogP contribution in [0.5, 0.6) is 0 Å². The van der Waals surface area contributed by atoms with Gasteiger partial charge in [-0.1, -0.05) is 23.5 Å². The number of fused-ring (bicyclic) bond motifs is 1. The lowest BCUT2D eigenvalue weighted by molar-refractivity contribution is 0.0391. The topological polar surface area (TPSA) is 79.8 Å². The molecule has 2 aromatic carbocycles. The van der Waals surface area contributed by atoms with Gasteiger partial charge < -0.3 is 4.74 Å². The lowest BCUT2D eigenvalue weighted by Crippen LogP contribution is -2.43.